The van der Waals surface area contributed by atoms with Crippen molar-refractivity contribution in [1.82, 2.24) is 4.31 Å². The Morgan fingerprint density at radius 1 is 1.22 bits per heavy atom. The molecule has 0 aromatic heterocycles. The highest BCUT2D eigenvalue weighted by molar-refractivity contribution is 7.89. The van der Waals surface area contributed by atoms with Gasteiger partial charge in [-0.2, -0.15) is 4.31 Å². The Hall–Kier alpha value is -1.40. The molecule has 0 N–H and O–H groups in total. The van der Waals surface area contributed by atoms with Gasteiger partial charge in [-0.3, -0.25) is 4.79 Å². The van der Waals surface area contributed by atoms with Crippen LogP contribution in [0.5, 0.6) is 0 Å². The number of nitrogens with zero attached hydrogens (tertiary/aromatic N) is 2. The lowest BCUT2D eigenvalue weighted by molar-refractivity contribution is -0.118. The number of sulfonamides is 1. The van der Waals surface area contributed by atoms with Crippen molar-refractivity contribution in [2.24, 2.45) is 0 Å². The van der Waals surface area contributed by atoms with Crippen molar-refractivity contribution in [3.63, 3.8) is 0 Å². The van der Waals surface area contributed by atoms with Gasteiger partial charge in [-0.25, -0.2) is 8.42 Å². The summed E-state index contributed by atoms with van der Waals surface area (Å²) < 4.78 is 27.5. The van der Waals surface area contributed by atoms with Crippen molar-refractivity contribution in [2.75, 3.05) is 18.0 Å². The maximum atomic E-state index is 12.9. The van der Waals surface area contributed by atoms with Crippen LogP contribution in [-0.4, -0.2) is 37.8 Å². The van der Waals surface area contributed by atoms with Gasteiger partial charge in [0.25, 0.3) is 0 Å². The van der Waals surface area contributed by atoms with Gasteiger partial charge in [-0.15, -0.1) is 0 Å². The Balaban J connectivity index is 1.97. The Labute approximate surface area is 138 Å². The van der Waals surface area contributed by atoms with Crippen molar-refractivity contribution in [2.45, 2.75) is 56.9 Å². The lowest BCUT2D eigenvalue weighted by Gasteiger charge is -2.33. The first-order chi connectivity index (χ1) is 10.9. The fraction of sp³-hybridized carbons (Fsp3) is 0.588. The largest absolute Gasteiger partial charge is 0.312 e. The highest BCUT2D eigenvalue weighted by Gasteiger charge is 2.32. The van der Waals surface area contributed by atoms with Gasteiger partial charge < -0.3 is 4.90 Å². The van der Waals surface area contributed by atoms with Gasteiger partial charge in [0.15, 0.2) is 0 Å². The topological polar surface area (TPSA) is 57.7 Å². The third-order valence-corrected chi connectivity index (χ3v) is 6.93. The molecule has 1 atom stereocenters. The Bertz CT molecular complexity index is 715. The van der Waals surface area contributed by atoms with Crippen LogP contribution in [0.25, 0.3) is 0 Å². The van der Waals surface area contributed by atoms with Crippen molar-refractivity contribution < 1.29 is 13.2 Å². The lowest BCUT2D eigenvalue weighted by Crippen LogP contribution is -2.42. The molecular weight excluding hydrogens is 312 g/mol. The van der Waals surface area contributed by atoms with E-state index in [0.717, 1.165) is 30.5 Å². The minimum absolute atomic E-state index is 0.0542. The normalized spacial score (nSPS) is 23.0. The van der Waals surface area contributed by atoms with Crippen molar-refractivity contribution >= 4 is 21.6 Å². The first-order valence-electron chi connectivity index (χ1n) is 8.40. The number of anilines is 1. The fourth-order valence-corrected chi connectivity index (χ4v) is 5.36. The molecular formula is C17H24N2O3S. The van der Waals surface area contributed by atoms with Crippen LogP contribution in [0.3, 0.4) is 0 Å². The van der Waals surface area contributed by atoms with Crippen LogP contribution in [0, 0.1) is 0 Å². The molecule has 1 amide bonds. The van der Waals surface area contributed by atoms with Gasteiger partial charge in [0.05, 0.1) is 4.90 Å². The number of carbonyl (C=O) groups is 1. The molecule has 2 heterocycles. The minimum atomic E-state index is -3.45. The molecule has 1 aromatic rings. The SMILES string of the molecule is CCN1C(=O)CCc2cc(S(=O)(=O)N3CCCC[C@@H]3C)ccc21. The Morgan fingerprint density at radius 2 is 2.00 bits per heavy atom. The molecule has 0 bridgehead atoms. The zero-order valence-corrected chi connectivity index (χ0v) is 14.6. The fourth-order valence-electron chi connectivity index (χ4n) is 3.61. The maximum absolute atomic E-state index is 12.9. The van der Waals surface area contributed by atoms with E-state index in [1.165, 1.54) is 0 Å². The quantitative estimate of drug-likeness (QED) is 0.852. The van der Waals surface area contributed by atoms with E-state index in [-0.39, 0.29) is 11.9 Å². The van der Waals surface area contributed by atoms with E-state index in [0.29, 0.717) is 30.8 Å². The van der Waals surface area contributed by atoms with Gasteiger partial charge in [-0.1, -0.05) is 6.42 Å². The average Bonchev–Trinajstić information content (AvgIpc) is 2.54. The molecule has 2 aliphatic heterocycles. The van der Waals surface area contributed by atoms with Crippen LogP contribution in [0.15, 0.2) is 23.1 Å². The van der Waals surface area contributed by atoms with E-state index in [1.54, 1.807) is 27.4 Å². The molecule has 0 unspecified atom stereocenters. The molecule has 1 aromatic carbocycles. The number of benzene rings is 1. The number of hydrogen-bond donors (Lipinski definition) is 0. The molecule has 2 aliphatic rings. The summed E-state index contributed by atoms with van der Waals surface area (Å²) >= 11 is 0. The van der Waals surface area contributed by atoms with E-state index < -0.39 is 10.0 Å². The summed E-state index contributed by atoms with van der Waals surface area (Å²) in [4.78, 5) is 14.1. The highest BCUT2D eigenvalue weighted by Crippen LogP contribution is 2.32. The van der Waals surface area contributed by atoms with Gasteiger partial charge in [0.1, 0.15) is 0 Å². The molecule has 0 radical (unpaired) electrons. The number of piperidine rings is 1. The van der Waals surface area contributed by atoms with E-state index in [9.17, 15) is 13.2 Å². The standard InChI is InChI=1S/C17H24N2O3S/c1-3-18-16-9-8-15(12-14(16)7-10-17(18)20)23(21,22)19-11-5-4-6-13(19)2/h8-9,12-13H,3-7,10-11H2,1-2H3/t13-/m0/s1. The van der Waals surface area contributed by atoms with Crippen LogP contribution in [0.1, 0.15) is 45.1 Å². The number of fused-ring (bicyclic) bond motifs is 1. The lowest BCUT2D eigenvalue weighted by atomic mass is 10.0. The molecule has 0 spiro atoms. The van der Waals surface area contributed by atoms with Crippen molar-refractivity contribution in [3.05, 3.63) is 23.8 Å². The second-order valence-corrected chi connectivity index (χ2v) is 8.28. The molecule has 0 saturated carbocycles. The van der Waals surface area contributed by atoms with E-state index in [4.69, 9.17) is 0 Å². The predicted octanol–water partition coefficient (Wildman–Crippen LogP) is 2.55. The van der Waals surface area contributed by atoms with Crippen LogP contribution >= 0.6 is 0 Å². The summed E-state index contributed by atoms with van der Waals surface area (Å²) in [6.07, 6.45) is 3.99. The molecule has 0 aliphatic carbocycles. The molecule has 6 heteroatoms. The van der Waals surface area contributed by atoms with Crippen molar-refractivity contribution in [1.29, 1.82) is 0 Å². The molecule has 1 fully saturated rings. The second kappa shape index (κ2) is 6.24. The van der Waals surface area contributed by atoms with Crippen molar-refractivity contribution in [3.8, 4) is 0 Å². The van der Waals surface area contributed by atoms with E-state index in [1.807, 2.05) is 13.8 Å². The summed E-state index contributed by atoms with van der Waals surface area (Å²) in [6, 6.07) is 5.26. The molecule has 126 valence electrons. The van der Waals surface area contributed by atoms with Gasteiger partial charge in [-0.05, 0) is 56.9 Å². The van der Waals surface area contributed by atoms with E-state index >= 15 is 0 Å². The molecule has 5 nitrogen and oxygen atoms in total. The number of aryl methyl sites for hydroxylation is 1. The summed E-state index contributed by atoms with van der Waals surface area (Å²) in [5.74, 6) is 0.111. The van der Waals surface area contributed by atoms with Crippen LogP contribution in [-0.2, 0) is 21.2 Å². The maximum Gasteiger partial charge on any atom is 0.243 e. The minimum Gasteiger partial charge on any atom is -0.312 e. The predicted molar refractivity (Wildman–Crippen MR) is 90.0 cm³/mol. The zero-order valence-electron chi connectivity index (χ0n) is 13.8. The first kappa shape index (κ1) is 16.5. The van der Waals surface area contributed by atoms with Crippen LogP contribution in [0.2, 0.25) is 0 Å². The summed E-state index contributed by atoms with van der Waals surface area (Å²) in [5.41, 5.74) is 1.81. The zero-order chi connectivity index (χ0) is 16.6. The van der Waals surface area contributed by atoms with Crippen LogP contribution in [0.4, 0.5) is 5.69 Å². The number of carbonyl (C=O) groups excluding carboxylic acids is 1. The van der Waals surface area contributed by atoms with Gasteiger partial charge in [0, 0.05) is 31.2 Å². The third kappa shape index (κ3) is 2.90. The van der Waals surface area contributed by atoms with Crippen LogP contribution < -0.4 is 4.90 Å². The Kier molecular flexibility index (Phi) is 4.47. The number of hydrogen-bond acceptors (Lipinski definition) is 3. The molecule has 3 rings (SSSR count). The first-order valence-corrected chi connectivity index (χ1v) is 9.84. The summed E-state index contributed by atoms with van der Waals surface area (Å²) in [6.45, 7) is 5.13. The highest BCUT2D eigenvalue weighted by atomic mass is 32.2. The average molecular weight is 336 g/mol. The van der Waals surface area contributed by atoms with Gasteiger partial charge >= 0.3 is 0 Å². The van der Waals surface area contributed by atoms with E-state index in [2.05, 4.69) is 0 Å². The third-order valence-electron chi connectivity index (χ3n) is 4.92. The second-order valence-electron chi connectivity index (χ2n) is 6.39. The summed E-state index contributed by atoms with van der Waals surface area (Å²) in [7, 11) is -3.45. The van der Waals surface area contributed by atoms with Gasteiger partial charge in [0.2, 0.25) is 15.9 Å². The molecule has 1 saturated heterocycles. The smallest absolute Gasteiger partial charge is 0.243 e. The Morgan fingerprint density at radius 3 is 2.70 bits per heavy atom. The number of amides is 1. The number of rotatable bonds is 3. The monoisotopic (exact) mass is 336 g/mol. The molecule has 23 heavy (non-hydrogen) atoms. The summed E-state index contributed by atoms with van der Waals surface area (Å²) in [5, 5.41) is 0.